The van der Waals surface area contributed by atoms with Gasteiger partial charge in [0.2, 0.25) is 5.89 Å². The van der Waals surface area contributed by atoms with Crippen LogP contribution in [-0.2, 0) is 6.42 Å². The molecule has 1 atom stereocenters. The molecule has 0 unspecified atom stereocenters. The Balaban J connectivity index is 0.00000225. The molecule has 3 rings (SSSR count). The summed E-state index contributed by atoms with van der Waals surface area (Å²) in [7, 11) is 0. The molecule has 2 aromatic rings. The van der Waals surface area contributed by atoms with E-state index in [1.165, 1.54) is 0 Å². The second kappa shape index (κ2) is 8.05. The second-order valence-corrected chi connectivity index (χ2v) is 6.02. The van der Waals surface area contributed by atoms with Crippen molar-refractivity contribution in [2.24, 2.45) is 11.7 Å². The summed E-state index contributed by atoms with van der Waals surface area (Å²) in [6, 6.07) is 9.48. The van der Waals surface area contributed by atoms with E-state index >= 15 is 0 Å². The molecule has 1 aromatic carbocycles. The fourth-order valence-corrected chi connectivity index (χ4v) is 2.86. The van der Waals surface area contributed by atoms with Crippen molar-refractivity contribution in [2.75, 3.05) is 18.0 Å². The third-order valence-corrected chi connectivity index (χ3v) is 4.27. The average molecular weight is 377 g/mol. The zero-order valence-corrected chi connectivity index (χ0v) is 14.3. The lowest BCUT2D eigenvalue weighted by Crippen LogP contribution is -2.39. The van der Waals surface area contributed by atoms with Crippen LogP contribution in [0.3, 0.4) is 0 Å². The fourth-order valence-electron chi connectivity index (χ4n) is 2.86. The quantitative estimate of drug-likeness (QED) is 0.884. The maximum absolute atomic E-state index is 12.7. The molecule has 1 aliphatic heterocycles. The first-order valence-corrected chi connectivity index (χ1v) is 7.88. The van der Waals surface area contributed by atoms with Crippen molar-refractivity contribution in [1.82, 2.24) is 10.2 Å². The van der Waals surface area contributed by atoms with Gasteiger partial charge in [0.15, 0.2) is 0 Å². The Morgan fingerprint density at radius 1 is 1.16 bits per heavy atom. The van der Waals surface area contributed by atoms with E-state index < -0.39 is 18.1 Å². The summed E-state index contributed by atoms with van der Waals surface area (Å²) in [5, 5.41) is 7.89. The highest BCUT2D eigenvalue weighted by Crippen LogP contribution is 2.35. The van der Waals surface area contributed by atoms with Gasteiger partial charge in [-0.05, 0) is 24.8 Å². The number of alkyl halides is 3. The number of benzene rings is 1. The third kappa shape index (κ3) is 4.85. The Hall–Kier alpha value is -1.80. The zero-order valence-electron chi connectivity index (χ0n) is 13.4. The number of anilines is 1. The van der Waals surface area contributed by atoms with Gasteiger partial charge in [-0.3, -0.25) is 0 Å². The van der Waals surface area contributed by atoms with E-state index in [2.05, 4.69) is 10.2 Å². The lowest BCUT2D eigenvalue weighted by atomic mass is 9.97. The number of hydrogen-bond donors (Lipinski definition) is 1. The van der Waals surface area contributed by atoms with E-state index in [1.54, 1.807) is 4.90 Å². The van der Waals surface area contributed by atoms with Crippen molar-refractivity contribution in [1.29, 1.82) is 0 Å². The Kier molecular flexibility index (Phi) is 6.29. The molecular formula is C16H20ClF3N4O. The van der Waals surface area contributed by atoms with Gasteiger partial charge in [-0.25, -0.2) is 0 Å². The van der Waals surface area contributed by atoms with Crippen LogP contribution >= 0.6 is 12.4 Å². The first-order chi connectivity index (χ1) is 11.4. The van der Waals surface area contributed by atoms with E-state index in [4.69, 9.17) is 10.2 Å². The second-order valence-electron chi connectivity index (χ2n) is 6.02. The Bertz CT molecular complexity index is 657. The predicted octanol–water partition coefficient (Wildman–Crippen LogP) is 3.51. The van der Waals surface area contributed by atoms with E-state index in [1.807, 2.05) is 30.3 Å². The SMILES string of the molecule is Cl.N[C@H](Cc1ccccc1)c1nnc(N2CCC(C(F)(F)F)CC2)o1. The molecule has 0 saturated carbocycles. The first-order valence-electron chi connectivity index (χ1n) is 7.88. The van der Waals surface area contributed by atoms with Crippen LogP contribution in [0.5, 0.6) is 0 Å². The van der Waals surface area contributed by atoms with Gasteiger partial charge in [-0.15, -0.1) is 17.5 Å². The van der Waals surface area contributed by atoms with Crippen molar-refractivity contribution in [3.05, 3.63) is 41.8 Å². The van der Waals surface area contributed by atoms with Gasteiger partial charge in [0.25, 0.3) is 0 Å². The molecule has 5 nitrogen and oxygen atoms in total. The molecule has 1 fully saturated rings. The van der Waals surface area contributed by atoms with Gasteiger partial charge in [0.1, 0.15) is 0 Å². The highest BCUT2D eigenvalue weighted by atomic mass is 35.5. The van der Waals surface area contributed by atoms with Crippen LogP contribution in [0.25, 0.3) is 0 Å². The van der Waals surface area contributed by atoms with Crippen molar-refractivity contribution < 1.29 is 17.6 Å². The summed E-state index contributed by atoms with van der Waals surface area (Å²) in [5.74, 6) is -0.955. The first kappa shape index (κ1) is 19.5. The molecule has 0 radical (unpaired) electrons. The lowest BCUT2D eigenvalue weighted by molar-refractivity contribution is -0.179. The van der Waals surface area contributed by atoms with E-state index in [0.29, 0.717) is 12.3 Å². The average Bonchev–Trinajstić information content (AvgIpc) is 3.05. The van der Waals surface area contributed by atoms with E-state index in [0.717, 1.165) is 5.56 Å². The lowest BCUT2D eigenvalue weighted by Gasteiger charge is -2.31. The zero-order chi connectivity index (χ0) is 17.2. The fraction of sp³-hybridized carbons (Fsp3) is 0.500. The highest BCUT2D eigenvalue weighted by Gasteiger charge is 2.41. The highest BCUT2D eigenvalue weighted by molar-refractivity contribution is 5.85. The topological polar surface area (TPSA) is 68.2 Å². The molecule has 0 bridgehead atoms. The van der Waals surface area contributed by atoms with Crippen LogP contribution in [-0.4, -0.2) is 29.5 Å². The summed E-state index contributed by atoms with van der Waals surface area (Å²) >= 11 is 0. The van der Waals surface area contributed by atoms with Crippen LogP contribution in [0.1, 0.15) is 30.3 Å². The molecule has 1 saturated heterocycles. The summed E-state index contributed by atoms with van der Waals surface area (Å²) in [6.45, 7) is 0.499. The van der Waals surface area contributed by atoms with Gasteiger partial charge in [-0.1, -0.05) is 35.4 Å². The summed E-state index contributed by atoms with van der Waals surface area (Å²) < 4.78 is 43.7. The number of piperidine rings is 1. The van der Waals surface area contributed by atoms with Crippen molar-refractivity contribution in [3.63, 3.8) is 0 Å². The maximum Gasteiger partial charge on any atom is 0.391 e. The molecule has 1 aliphatic rings. The van der Waals surface area contributed by atoms with Gasteiger partial charge in [0, 0.05) is 13.1 Å². The Morgan fingerprint density at radius 3 is 2.40 bits per heavy atom. The minimum Gasteiger partial charge on any atom is -0.406 e. The number of nitrogens with two attached hydrogens (primary N) is 1. The molecule has 2 N–H and O–H groups in total. The molecule has 0 aliphatic carbocycles. The molecule has 0 amide bonds. The monoisotopic (exact) mass is 376 g/mol. The standard InChI is InChI=1S/C16H19F3N4O.ClH/c17-16(18,19)12-6-8-23(9-7-12)15-22-21-14(24-15)13(20)10-11-4-2-1-3-5-11;/h1-5,12-13H,6-10,20H2;1H/t13-;/m1./s1. The van der Waals surface area contributed by atoms with Crippen LogP contribution in [0.4, 0.5) is 19.2 Å². The van der Waals surface area contributed by atoms with Crippen molar-refractivity contribution in [2.45, 2.75) is 31.5 Å². The molecule has 0 spiro atoms. The molecule has 9 heteroatoms. The largest absolute Gasteiger partial charge is 0.406 e. The van der Waals surface area contributed by atoms with Gasteiger partial charge in [0.05, 0.1) is 12.0 Å². The number of rotatable bonds is 4. The van der Waals surface area contributed by atoms with Crippen LogP contribution in [0.2, 0.25) is 0 Å². The summed E-state index contributed by atoms with van der Waals surface area (Å²) in [4.78, 5) is 1.69. The van der Waals surface area contributed by atoms with Crippen molar-refractivity contribution >= 4 is 18.4 Å². The number of aromatic nitrogens is 2. The van der Waals surface area contributed by atoms with Crippen LogP contribution in [0, 0.1) is 5.92 Å². The minimum atomic E-state index is -4.13. The molecule has 25 heavy (non-hydrogen) atoms. The van der Waals surface area contributed by atoms with Gasteiger partial charge in [-0.2, -0.15) is 13.2 Å². The smallest absolute Gasteiger partial charge is 0.391 e. The van der Waals surface area contributed by atoms with Crippen LogP contribution < -0.4 is 10.6 Å². The van der Waals surface area contributed by atoms with Gasteiger partial charge < -0.3 is 15.1 Å². The summed E-state index contributed by atoms with van der Waals surface area (Å²) in [6.07, 6.45) is -3.50. The number of hydrogen-bond acceptors (Lipinski definition) is 5. The minimum absolute atomic E-state index is 0. The molecule has 1 aromatic heterocycles. The molecular weight excluding hydrogens is 357 g/mol. The predicted molar refractivity (Wildman–Crippen MR) is 89.6 cm³/mol. The van der Waals surface area contributed by atoms with E-state index in [9.17, 15) is 13.2 Å². The Morgan fingerprint density at radius 2 is 1.80 bits per heavy atom. The maximum atomic E-state index is 12.7. The normalized spacial score (nSPS) is 17.2. The Labute approximate surface area is 149 Å². The van der Waals surface area contributed by atoms with Crippen molar-refractivity contribution in [3.8, 4) is 0 Å². The van der Waals surface area contributed by atoms with Gasteiger partial charge >= 0.3 is 12.2 Å². The molecule has 138 valence electrons. The van der Waals surface area contributed by atoms with E-state index in [-0.39, 0.29) is 44.4 Å². The van der Waals surface area contributed by atoms with Crippen LogP contribution in [0.15, 0.2) is 34.7 Å². The summed E-state index contributed by atoms with van der Waals surface area (Å²) in [5.41, 5.74) is 7.14. The number of halogens is 4. The number of nitrogens with zero attached hydrogens (tertiary/aromatic N) is 3. The molecule has 2 heterocycles. The third-order valence-electron chi connectivity index (χ3n) is 4.27.